The van der Waals surface area contributed by atoms with Crippen molar-refractivity contribution in [2.24, 2.45) is 0 Å². The minimum Gasteiger partial charge on any atom is -0.397 e. The molecule has 7 heteroatoms. The SMILES string of the molecule is Cc1ccc(CNC(=O)CN(CCCCCC(=O)Nc2ccccc2N)C(=O)c2cc(C)cc(C)c2)cc1. The van der Waals surface area contributed by atoms with Crippen LogP contribution in [0.4, 0.5) is 11.4 Å². The van der Waals surface area contributed by atoms with E-state index in [-0.39, 0.29) is 24.3 Å². The van der Waals surface area contributed by atoms with Crippen molar-refractivity contribution in [2.75, 3.05) is 24.1 Å². The van der Waals surface area contributed by atoms with Gasteiger partial charge in [0.1, 0.15) is 0 Å². The Morgan fingerprint density at radius 3 is 2.16 bits per heavy atom. The van der Waals surface area contributed by atoms with Crippen molar-refractivity contribution in [1.82, 2.24) is 10.2 Å². The Morgan fingerprint density at radius 1 is 0.789 bits per heavy atom. The molecular formula is C31H38N4O3. The molecule has 0 spiro atoms. The fraction of sp³-hybridized carbons (Fsp3) is 0.323. The fourth-order valence-electron chi connectivity index (χ4n) is 4.26. The van der Waals surface area contributed by atoms with Crippen molar-refractivity contribution in [3.05, 3.63) is 94.5 Å². The number of amides is 3. The predicted octanol–water partition coefficient (Wildman–Crippen LogP) is 5.15. The molecule has 0 aliphatic carbocycles. The highest BCUT2D eigenvalue weighted by molar-refractivity contribution is 5.97. The normalized spacial score (nSPS) is 10.6. The summed E-state index contributed by atoms with van der Waals surface area (Å²) in [7, 11) is 0. The Bertz CT molecular complexity index is 1230. The molecule has 3 aromatic carbocycles. The molecule has 200 valence electrons. The third-order valence-electron chi connectivity index (χ3n) is 6.27. The summed E-state index contributed by atoms with van der Waals surface area (Å²) in [5, 5.41) is 5.76. The predicted molar refractivity (Wildman–Crippen MR) is 153 cm³/mol. The second-order valence-electron chi connectivity index (χ2n) is 9.81. The topological polar surface area (TPSA) is 105 Å². The first kappa shape index (κ1) is 28.4. The summed E-state index contributed by atoms with van der Waals surface area (Å²) < 4.78 is 0. The zero-order chi connectivity index (χ0) is 27.5. The molecule has 0 unspecified atom stereocenters. The molecule has 0 aliphatic heterocycles. The third-order valence-corrected chi connectivity index (χ3v) is 6.27. The van der Waals surface area contributed by atoms with Gasteiger partial charge in [0, 0.05) is 25.1 Å². The zero-order valence-electron chi connectivity index (χ0n) is 22.5. The minimum absolute atomic E-state index is 0.0224. The average Bonchev–Trinajstić information content (AvgIpc) is 2.88. The van der Waals surface area contributed by atoms with Crippen LogP contribution in [0, 0.1) is 20.8 Å². The lowest BCUT2D eigenvalue weighted by molar-refractivity contribution is -0.122. The van der Waals surface area contributed by atoms with Crippen LogP contribution in [0.15, 0.2) is 66.7 Å². The third kappa shape index (κ3) is 9.07. The highest BCUT2D eigenvalue weighted by Crippen LogP contribution is 2.17. The Labute approximate surface area is 225 Å². The zero-order valence-corrected chi connectivity index (χ0v) is 22.5. The minimum atomic E-state index is -0.205. The van der Waals surface area contributed by atoms with Gasteiger partial charge in [-0.15, -0.1) is 0 Å². The quantitative estimate of drug-likeness (QED) is 0.230. The van der Waals surface area contributed by atoms with Gasteiger partial charge < -0.3 is 21.3 Å². The van der Waals surface area contributed by atoms with E-state index in [2.05, 4.69) is 10.6 Å². The smallest absolute Gasteiger partial charge is 0.254 e. The number of nitrogens with two attached hydrogens (primary N) is 1. The van der Waals surface area contributed by atoms with Crippen LogP contribution in [0.3, 0.4) is 0 Å². The van der Waals surface area contributed by atoms with Gasteiger partial charge in [-0.25, -0.2) is 0 Å². The molecule has 3 rings (SSSR count). The number of aryl methyl sites for hydroxylation is 3. The molecule has 0 bridgehead atoms. The average molecular weight is 515 g/mol. The maximum absolute atomic E-state index is 13.4. The van der Waals surface area contributed by atoms with E-state index < -0.39 is 0 Å². The monoisotopic (exact) mass is 514 g/mol. The number of para-hydroxylation sites is 2. The van der Waals surface area contributed by atoms with Gasteiger partial charge in [-0.05, 0) is 63.4 Å². The van der Waals surface area contributed by atoms with Crippen molar-refractivity contribution in [1.29, 1.82) is 0 Å². The van der Waals surface area contributed by atoms with E-state index in [0.717, 1.165) is 28.7 Å². The van der Waals surface area contributed by atoms with Crippen molar-refractivity contribution < 1.29 is 14.4 Å². The van der Waals surface area contributed by atoms with E-state index in [1.54, 1.807) is 17.0 Å². The molecule has 0 saturated heterocycles. The summed E-state index contributed by atoms with van der Waals surface area (Å²) in [6, 6.07) is 20.9. The molecule has 3 aromatic rings. The number of hydrogen-bond acceptors (Lipinski definition) is 4. The van der Waals surface area contributed by atoms with Gasteiger partial charge in [0.25, 0.3) is 5.91 Å². The molecule has 3 amide bonds. The van der Waals surface area contributed by atoms with Crippen LogP contribution in [-0.4, -0.2) is 35.7 Å². The Morgan fingerprint density at radius 2 is 1.47 bits per heavy atom. The van der Waals surface area contributed by atoms with E-state index in [0.29, 0.717) is 49.3 Å². The molecule has 38 heavy (non-hydrogen) atoms. The lowest BCUT2D eigenvalue weighted by atomic mass is 10.1. The van der Waals surface area contributed by atoms with E-state index >= 15 is 0 Å². The van der Waals surface area contributed by atoms with Crippen LogP contribution in [0.25, 0.3) is 0 Å². The number of carbonyl (C=O) groups excluding carboxylic acids is 3. The molecule has 0 aliphatic rings. The van der Waals surface area contributed by atoms with Crippen LogP contribution >= 0.6 is 0 Å². The van der Waals surface area contributed by atoms with Crippen molar-refractivity contribution in [3.8, 4) is 0 Å². The first-order valence-electron chi connectivity index (χ1n) is 13.1. The maximum atomic E-state index is 13.4. The lowest BCUT2D eigenvalue weighted by Crippen LogP contribution is -2.41. The Balaban J connectivity index is 1.54. The summed E-state index contributed by atoms with van der Waals surface area (Å²) in [5.74, 6) is -0.468. The van der Waals surface area contributed by atoms with Crippen molar-refractivity contribution >= 4 is 29.1 Å². The summed E-state index contributed by atoms with van der Waals surface area (Å²) in [4.78, 5) is 40.0. The summed E-state index contributed by atoms with van der Waals surface area (Å²) >= 11 is 0. The molecule has 0 radical (unpaired) electrons. The van der Waals surface area contributed by atoms with E-state index in [1.165, 1.54) is 0 Å². The largest absolute Gasteiger partial charge is 0.397 e. The van der Waals surface area contributed by atoms with Gasteiger partial charge in [-0.3, -0.25) is 14.4 Å². The number of nitrogens with zero attached hydrogens (tertiary/aromatic N) is 1. The lowest BCUT2D eigenvalue weighted by Gasteiger charge is -2.23. The van der Waals surface area contributed by atoms with Crippen LogP contribution in [0.1, 0.15) is 58.3 Å². The number of nitrogen functional groups attached to an aromatic ring is 1. The number of carbonyl (C=O) groups is 3. The van der Waals surface area contributed by atoms with Gasteiger partial charge in [0.05, 0.1) is 17.9 Å². The molecular weight excluding hydrogens is 476 g/mol. The number of anilines is 2. The van der Waals surface area contributed by atoms with Gasteiger partial charge in [0.15, 0.2) is 0 Å². The fourth-order valence-corrected chi connectivity index (χ4v) is 4.26. The molecule has 0 heterocycles. The Hall–Kier alpha value is -4.13. The van der Waals surface area contributed by atoms with Crippen LogP contribution in [0.5, 0.6) is 0 Å². The second-order valence-corrected chi connectivity index (χ2v) is 9.81. The first-order valence-corrected chi connectivity index (χ1v) is 13.1. The Kier molecular flexibility index (Phi) is 10.5. The number of unbranched alkanes of at least 4 members (excludes halogenated alkanes) is 2. The van der Waals surface area contributed by atoms with Crippen LogP contribution < -0.4 is 16.4 Å². The summed E-state index contributed by atoms with van der Waals surface area (Å²) in [6.07, 6.45) is 2.46. The summed E-state index contributed by atoms with van der Waals surface area (Å²) in [6.45, 7) is 6.74. The number of rotatable bonds is 12. The van der Waals surface area contributed by atoms with Gasteiger partial charge in [-0.1, -0.05) is 65.6 Å². The number of benzene rings is 3. The number of hydrogen-bond donors (Lipinski definition) is 3. The molecule has 7 nitrogen and oxygen atoms in total. The van der Waals surface area contributed by atoms with Gasteiger partial charge >= 0.3 is 0 Å². The molecule has 4 N–H and O–H groups in total. The highest BCUT2D eigenvalue weighted by atomic mass is 16.2. The standard InChI is InChI=1S/C31H38N4O3/c1-22-12-14-25(15-13-22)20-33-30(37)21-35(31(38)26-18-23(2)17-24(3)19-26)16-8-4-5-11-29(36)34-28-10-7-6-9-27(28)32/h6-7,9-10,12-15,17-19H,4-5,8,11,16,20-21,32H2,1-3H3,(H,33,37)(H,34,36). The maximum Gasteiger partial charge on any atom is 0.254 e. The summed E-state index contributed by atoms with van der Waals surface area (Å²) in [5.41, 5.74) is 11.8. The molecule has 0 atom stereocenters. The van der Waals surface area contributed by atoms with E-state index in [9.17, 15) is 14.4 Å². The highest BCUT2D eigenvalue weighted by Gasteiger charge is 2.19. The van der Waals surface area contributed by atoms with Crippen LogP contribution in [-0.2, 0) is 16.1 Å². The molecule has 0 aromatic heterocycles. The number of nitrogens with one attached hydrogen (secondary N) is 2. The van der Waals surface area contributed by atoms with E-state index in [4.69, 9.17) is 5.73 Å². The van der Waals surface area contributed by atoms with E-state index in [1.807, 2.05) is 75.4 Å². The first-order chi connectivity index (χ1) is 18.2. The molecule has 0 fully saturated rings. The second kappa shape index (κ2) is 14.0. The van der Waals surface area contributed by atoms with Crippen molar-refractivity contribution in [2.45, 2.75) is 53.0 Å². The van der Waals surface area contributed by atoms with Gasteiger partial charge in [-0.2, -0.15) is 0 Å². The van der Waals surface area contributed by atoms with Gasteiger partial charge in [0.2, 0.25) is 11.8 Å². The van der Waals surface area contributed by atoms with Crippen molar-refractivity contribution in [3.63, 3.8) is 0 Å². The van der Waals surface area contributed by atoms with Crippen LogP contribution in [0.2, 0.25) is 0 Å². The molecule has 0 saturated carbocycles.